The Morgan fingerprint density at radius 3 is 2.04 bits per heavy atom. The largest absolute Gasteiger partial charge is 0.346 e. The number of benzene rings is 3. The summed E-state index contributed by atoms with van der Waals surface area (Å²) in [6, 6.07) is 25.6. The zero-order valence-electron chi connectivity index (χ0n) is 13.0. The van der Waals surface area contributed by atoms with E-state index in [2.05, 4.69) is 11.9 Å². The lowest BCUT2D eigenvalue weighted by atomic mass is 9.95. The summed E-state index contributed by atoms with van der Waals surface area (Å²) in [5.74, 6) is 0. The highest BCUT2D eigenvalue weighted by Crippen LogP contribution is 2.26. The second kappa shape index (κ2) is 7.43. The summed E-state index contributed by atoms with van der Waals surface area (Å²) in [7, 11) is 0. The molecule has 1 nitrogen and oxygen atoms in total. The minimum Gasteiger partial charge on any atom is -0.346 e. The summed E-state index contributed by atoms with van der Waals surface area (Å²) in [5, 5.41) is 3.99. The van der Waals surface area contributed by atoms with Gasteiger partial charge in [-0.05, 0) is 41.0 Å². The van der Waals surface area contributed by atoms with Crippen molar-refractivity contribution in [3.8, 4) is 0 Å². The second-order valence-corrected chi connectivity index (χ2v) is 6.20. The average molecular weight is 350 g/mol. The van der Waals surface area contributed by atoms with Gasteiger partial charge >= 0.3 is 0 Å². The quantitative estimate of drug-likeness (QED) is 0.563. The molecule has 3 heteroatoms. The smallest absolute Gasteiger partial charge is 0.111 e. The Bertz CT molecular complexity index is 870. The Morgan fingerprint density at radius 1 is 0.792 bits per heavy atom. The van der Waals surface area contributed by atoms with Crippen LogP contribution in [0.1, 0.15) is 16.7 Å². The maximum atomic E-state index is 5.97. The predicted octanol–water partition coefficient (Wildman–Crippen LogP) is 6.19. The van der Waals surface area contributed by atoms with Crippen molar-refractivity contribution in [2.75, 3.05) is 5.32 Å². The number of halogens is 1. The van der Waals surface area contributed by atoms with Crippen LogP contribution < -0.4 is 5.32 Å². The van der Waals surface area contributed by atoms with Crippen molar-refractivity contribution in [1.82, 2.24) is 0 Å². The molecule has 0 amide bonds. The first-order valence-electron chi connectivity index (χ1n) is 7.56. The van der Waals surface area contributed by atoms with Crippen molar-refractivity contribution in [3.63, 3.8) is 0 Å². The van der Waals surface area contributed by atoms with E-state index in [1.54, 1.807) is 0 Å². The summed E-state index contributed by atoms with van der Waals surface area (Å²) < 4.78 is 0. The molecule has 3 aromatic rings. The van der Waals surface area contributed by atoms with Crippen LogP contribution in [0.15, 0.2) is 85.4 Å². The highest BCUT2D eigenvalue weighted by atomic mass is 35.5. The lowest BCUT2D eigenvalue weighted by Crippen LogP contribution is -2.12. The van der Waals surface area contributed by atoms with Crippen LogP contribution in [-0.2, 0) is 0 Å². The molecule has 0 heterocycles. The third-order valence-electron chi connectivity index (χ3n) is 3.72. The third kappa shape index (κ3) is 3.73. The first-order chi connectivity index (χ1) is 11.6. The van der Waals surface area contributed by atoms with Crippen LogP contribution in [0.4, 0.5) is 5.69 Å². The maximum absolute atomic E-state index is 5.97. The van der Waals surface area contributed by atoms with Crippen molar-refractivity contribution in [3.05, 3.63) is 107 Å². The van der Waals surface area contributed by atoms with Crippen LogP contribution in [0.2, 0.25) is 5.02 Å². The summed E-state index contributed by atoms with van der Waals surface area (Å²) >= 11 is 11.6. The first kappa shape index (κ1) is 16.4. The molecule has 24 heavy (non-hydrogen) atoms. The number of nitrogens with one attached hydrogen (secondary N) is 1. The molecular formula is C21H16ClNS. The van der Waals surface area contributed by atoms with E-state index in [1.807, 2.05) is 78.9 Å². The lowest BCUT2D eigenvalue weighted by Gasteiger charge is -2.15. The van der Waals surface area contributed by atoms with Gasteiger partial charge in [0.25, 0.3) is 0 Å². The van der Waals surface area contributed by atoms with Crippen LogP contribution in [0.5, 0.6) is 0 Å². The van der Waals surface area contributed by atoms with E-state index in [1.165, 1.54) is 0 Å². The van der Waals surface area contributed by atoms with E-state index >= 15 is 0 Å². The van der Waals surface area contributed by atoms with E-state index in [0.717, 1.165) is 28.0 Å². The Hall–Kier alpha value is -2.42. The van der Waals surface area contributed by atoms with Crippen molar-refractivity contribution in [2.24, 2.45) is 0 Å². The lowest BCUT2D eigenvalue weighted by molar-refractivity contribution is 1.52. The Kier molecular flexibility index (Phi) is 5.09. The molecule has 1 N–H and O–H groups in total. The minimum absolute atomic E-state index is 0.673. The molecule has 0 radical (unpaired) electrons. The van der Waals surface area contributed by atoms with Crippen molar-refractivity contribution in [1.29, 1.82) is 0 Å². The Labute approximate surface area is 152 Å². The van der Waals surface area contributed by atoms with Gasteiger partial charge in [0.1, 0.15) is 4.99 Å². The molecule has 0 atom stereocenters. The zero-order valence-corrected chi connectivity index (χ0v) is 14.6. The monoisotopic (exact) mass is 349 g/mol. The fraction of sp³-hybridized carbons (Fsp3) is 0. The molecule has 0 spiro atoms. The third-order valence-corrected chi connectivity index (χ3v) is 4.30. The fourth-order valence-electron chi connectivity index (χ4n) is 2.47. The van der Waals surface area contributed by atoms with E-state index in [9.17, 15) is 0 Å². The summed E-state index contributed by atoms with van der Waals surface area (Å²) in [6.07, 6.45) is 0. The molecule has 0 aliphatic heterocycles. The Balaban J connectivity index is 1.91. The van der Waals surface area contributed by atoms with Gasteiger partial charge in [0.15, 0.2) is 0 Å². The molecule has 0 aliphatic rings. The molecule has 0 saturated carbocycles. The van der Waals surface area contributed by atoms with Crippen molar-refractivity contribution < 1.29 is 0 Å². The molecule has 0 aromatic heterocycles. The van der Waals surface area contributed by atoms with E-state index in [4.69, 9.17) is 23.8 Å². The van der Waals surface area contributed by atoms with E-state index in [0.29, 0.717) is 10.0 Å². The second-order valence-electron chi connectivity index (χ2n) is 5.35. The maximum Gasteiger partial charge on any atom is 0.111 e. The molecule has 118 valence electrons. The topological polar surface area (TPSA) is 12.0 Å². The van der Waals surface area contributed by atoms with Crippen LogP contribution in [0.25, 0.3) is 5.57 Å². The molecule has 0 fully saturated rings. The number of hydrogen-bond donors (Lipinski definition) is 1. The van der Waals surface area contributed by atoms with Gasteiger partial charge < -0.3 is 5.32 Å². The predicted molar refractivity (Wildman–Crippen MR) is 108 cm³/mol. The number of thiocarbonyl (C=S) groups is 1. The van der Waals surface area contributed by atoms with Crippen molar-refractivity contribution in [2.45, 2.75) is 0 Å². The molecule has 0 aliphatic carbocycles. The molecular weight excluding hydrogens is 334 g/mol. The standard InChI is InChI=1S/C21H16ClNS/c1-15(16-11-13-17(22)14-12-16)19-9-5-6-10-20(19)21(24)23-18-7-3-2-4-8-18/h2-14H,1H2,(H,23,24). The molecule has 0 saturated heterocycles. The molecule has 3 aromatic carbocycles. The van der Waals surface area contributed by atoms with Gasteiger partial charge in [0, 0.05) is 16.3 Å². The summed E-state index contributed by atoms with van der Waals surface area (Å²) in [6.45, 7) is 4.24. The number of rotatable bonds is 4. The molecule has 0 bridgehead atoms. The summed E-state index contributed by atoms with van der Waals surface area (Å²) in [4.78, 5) is 0.673. The number of hydrogen-bond acceptors (Lipinski definition) is 1. The SMILES string of the molecule is C=C(c1ccc(Cl)cc1)c1ccccc1C(=S)Nc1ccccc1. The minimum atomic E-state index is 0.673. The van der Waals surface area contributed by atoms with Crippen LogP contribution in [-0.4, -0.2) is 4.99 Å². The van der Waals surface area contributed by atoms with Gasteiger partial charge in [0.05, 0.1) is 0 Å². The van der Waals surface area contributed by atoms with Gasteiger partial charge in [-0.25, -0.2) is 0 Å². The van der Waals surface area contributed by atoms with Gasteiger partial charge in [-0.1, -0.05) is 85.0 Å². The van der Waals surface area contributed by atoms with Gasteiger partial charge in [-0.3, -0.25) is 0 Å². The number of para-hydroxylation sites is 1. The van der Waals surface area contributed by atoms with Crippen LogP contribution in [0.3, 0.4) is 0 Å². The van der Waals surface area contributed by atoms with Crippen LogP contribution >= 0.6 is 23.8 Å². The van der Waals surface area contributed by atoms with Crippen LogP contribution in [0, 0.1) is 0 Å². The molecule has 0 unspecified atom stereocenters. The summed E-state index contributed by atoms with van der Waals surface area (Å²) in [5.41, 5.74) is 4.87. The van der Waals surface area contributed by atoms with Gasteiger partial charge in [-0.15, -0.1) is 0 Å². The highest BCUT2D eigenvalue weighted by molar-refractivity contribution is 7.81. The van der Waals surface area contributed by atoms with Crippen molar-refractivity contribution >= 4 is 40.1 Å². The zero-order chi connectivity index (χ0) is 16.9. The van der Waals surface area contributed by atoms with E-state index in [-0.39, 0.29) is 0 Å². The normalized spacial score (nSPS) is 10.2. The Morgan fingerprint density at radius 2 is 1.38 bits per heavy atom. The average Bonchev–Trinajstić information content (AvgIpc) is 2.62. The van der Waals surface area contributed by atoms with Gasteiger partial charge in [-0.2, -0.15) is 0 Å². The molecule has 3 rings (SSSR count). The fourth-order valence-corrected chi connectivity index (χ4v) is 2.89. The highest BCUT2D eigenvalue weighted by Gasteiger charge is 2.11. The van der Waals surface area contributed by atoms with Gasteiger partial charge in [0.2, 0.25) is 0 Å². The number of anilines is 1. The van der Waals surface area contributed by atoms with E-state index < -0.39 is 0 Å². The first-order valence-corrected chi connectivity index (χ1v) is 8.34.